The summed E-state index contributed by atoms with van der Waals surface area (Å²) in [4.78, 5) is 14.1. The molecule has 1 unspecified atom stereocenters. The maximum absolute atomic E-state index is 11.8. The highest BCUT2D eigenvalue weighted by atomic mass is 35.5. The van der Waals surface area contributed by atoms with Crippen molar-refractivity contribution in [3.05, 3.63) is 34.9 Å². The zero-order chi connectivity index (χ0) is 14.4. The maximum atomic E-state index is 11.8. The quantitative estimate of drug-likeness (QED) is 0.899. The van der Waals surface area contributed by atoms with Gasteiger partial charge in [-0.15, -0.1) is 0 Å². The van der Waals surface area contributed by atoms with Crippen LogP contribution in [0.4, 0.5) is 0 Å². The van der Waals surface area contributed by atoms with Crippen LogP contribution in [0, 0.1) is 0 Å². The van der Waals surface area contributed by atoms with E-state index in [1.165, 1.54) is 0 Å². The van der Waals surface area contributed by atoms with Crippen molar-refractivity contribution in [3.8, 4) is 0 Å². The average molecular weight is 297 g/mol. The second-order valence-corrected chi connectivity index (χ2v) is 5.64. The van der Waals surface area contributed by atoms with Gasteiger partial charge in [-0.3, -0.25) is 4.79 Å². The van der Waals surface area contributed by atoms with Gasteiger partial charge in [-0.1, -0.05) is 23.7 Å². The number of amides is 1. The Morgan fingerprint density at radius 1 is 1.55 bits per heavy atom. The van der Waals surface area contributed by atoms with Crippen molar-refractivity contribution < 1.29 is 9.53 Å². The first-order valence-electron chi connectivity index (χ1n) is 6.95. The Hall–Kier alpha value is -1.10. The molecule has 1 aromatic rings. The Balaban J connectivity index is 1.67. The van der Waals surface area contributed by atoms with Gasteiger partial charge < -0.3 is 15.0 Å². The minimum Gasteiger partial charge on any atom is -0.375 e. The van der Waals surface area contributed by atoms with E-state index in [0.717, 1.165) is 31.7 Å². The normalized spacial score (nSPS) is 19.8. The van der Waals surface area contributed by atoms with Gasteiger partial charge in [0.25, 0.3) is 0 Å². The van der Waals surface area contributed by atoms with E-state index >= 15 is 0 Å². The number of hydrogen-bond acceptors (Lipinski definition) is 3. The number of carbonyl (C=O) groups excluding carboxylic acids is 1. The van der Waals surface area contributed by atoms with Gasteiger partial charge in [0.15, 0.2) is 0 Å². The molecule has 1 aromatic carbocycles. The zero-order valence-corrected chi connectivity index (χ0v) is 12.5. The van der Waals surface area contributed by atoms with E-state index in [1.54, 1.807) is 6.07 Å². The van der Waals surface area contributed by atoms with Crippen molar-refractivity contribution in [1.82, 2.24) is 10.2 Å². The summed E-state index contributed by atoms with van der Waals surface area (Å²) in [6.45, 7) is 3.34. The molecule has 2 rings (SSSR count). The number of carbonyl (C=O) groups is 1. The van der Waals surface area contributed by atoms with Crippen molar-refractivity contribution in [1.29, 1.82) is 0 Å². The van der Waals surface area contributed by atoms with E-state index in [0.29, 0.717) is 18.0 Å². The van der Waals surface area contributed by atoms with E-state index in [4.69, 9.17) is 16.3 Å². The molecular weight excluding hydrogens is 276 g/mol. The lowest BCUT2D eigenvalue weighted by atomic mass is 10.1. The summed E-state index contributed by atoms with van der Waals surface area (Å²) in [5, 5.41) is 3.59. The Labute approximate surface area is 125 Å². The van der Waals surface area contributed by atoms with E-state index in [9.17, 15) is 4.79 Å². The summed E-state index contributed by atoms with van der Waals surface area (Å²) >= 11 is 5.89. The first-order chi connectivity index (χ1) is 9.63. The van der Waals surface area contributed by atoms with Crippen LogP contribution in [0.2, 0.25) is 5.02 Å². The van der Waals surface area contributed by atoms with Gasteiger partial charge in [0.1, 0.15) is 0 Å². The second-order valence-electron chi connectivity index (χ2n) is 5.20. The zero-order valence-electron chi connectivity index (χ0n) is 11.8. The van der Waals surface area contributed by atoms with Crippen LogP contribution in [-0.4, -0.2) is 50.2 Å². The van der Waals surface area contributed by atoms with Crippen LogP contribution in [0.3, 0.4) is 0 Å². The molecule has 1 N–H and O–H groups in total. The van der Waals surface area contributed by atoms with Crippen LogP contribution in [-0.2, 0) is 16.0 Å². The van der Waals surface area contributed by atoms with Crippen molar-refractivity contribution >= 4 is 17.5 Å². The van der Waals surface area contributed by atoms with E-state index in [1.807, 2.05) is 18.2 Å². The lowest BCUT2D eigenvalue weighted by molar-refractivity contribution is -0.120. The average Bonchev–Trinajstić information content (AvgIpc) is 2.38. The number of hydrogen-bond donors (Lipinski definition) is 1. The van der Waals surface area contributed by atoms with Gasteiger partial charge in [-0.25, -0.2) is 0 Å². The molecule has 0 aromatic heterocycles. The third-order valence-corrected chi connectivity index (χ3v) is 3.62. The standard InChI is InChI=1S/C15H21ClN2O2/c1-18-7-8-20-14(11-18)5-6-17-15(19)10-12-3-2-4-13(16)9-12/h2-4,9,14H,5-8,10-11H2,1H3,(H,17,19). The highest BCUT2D eigenvalue weighted by Crippen LogP contribution is 2.11. The molecule has 0 bridgehead atoms. The molecule has 1 fully saturated rings. The largest absolute Gasteiger partial charge is 0.375 e. The summed E-state index contributed by atoms with van der Waals surface area (Å²) in [7, 11) is 2.09. The minimum atomic E-state index is 0.0245. The second kappa shape index (κ2) is 7.62. The number of rotatable bonds is 5. The van der Waals surface area contributed by atoms with Crippen molar-refractivity contribution in [3.63, 3.8) is 0 Å². The van der Waals surface area contributed by atoms with Crippen molar-refractivity contribution in [2.24, 2.45) is 0 Å². The van der Waals surface area contributed by atoms with E-state index in [2.05, 4.69) is 17.3 Å². The maximum Gasteiger partial charge on any atom is 0.224 e. The van der Waals surface area contributed by atoms with Gasteiger partial charge >= 0.3 is 0 Å². The lowest BCUT2D eigenvalue weighted by Gasteiger charge is -2.30. The Kier molecular flexibility index (Phi) is 5.83. The molecule has 4 nitrogen and oxygen atoms in total. The molecule has 0 radical (unpaired) electrons. The first-order valence-corrected chi connectivity index (χ1v) is 7.32. The number of nitrogens with zero attached hydrogens (tertiary/aromatic N) is 1. The Morgan fingerprint density at radius 2 is 2.40 bits per heavy atom. The number of ether oxygens (including phenoxy) is 1. The smallest absolute Gasteiger partial charge is 0.224 e. The molecule has 5 heteroatoms. The SMILES string of the molecule is CN1CCOC(CCNC(=O)Cc2cccc(Cl)c2)C1. The van der Waals surface area contributed by atoms with Crippen LogP contribution >= 0.6 is 11.6 Å². The number of halogens is 1. The predicted octanol–water partition coefficient (Wildman–Crippen LogP) is 1.72. The monoisotopic (exact) mass is 296 g/mol. The van der Waals surface area contributed by atoms with Gasteiger partial charge in [0.2, 0.25) is 5.91 Å². The van der Waals surface area contributed by atoms with Crippen molar-refractivity contribution in [2.75, 3.05) is 33.3 Å². The third kappa shape index (κ3) is 5.12. The third-order valence-electron chi connectivity index (χ3n) is 3.38. The van der Waals surface area contributed by atoms with Gasteiger partial charge in [-0.2, -0.15) is 0 Å². The number of morpholine rings is 1. The molecule has 1 aliphatic heterocycles. The molecule has 1 aliphatic rings. The summed E-state index contributed by atoms with van der Waals surface area (Å²) in [5.41, 5.74) is 0.934. The Morgan fingerprint density at radius 3 is 3.15 bits per heavy atom. The van der Waals surface area contributed by atoms with Crippen LogP contribution in [0.15, 0.2) is 24.3 Å². The molecular formula is C15H21ClN2O2. The number of likely N-dealkylation sites (N-methyl/N-ethyl adjacent to an activating group) is 1. The van der Waals surface area contributed by atoms with Gasteiger partial charge in [0, 0.05) is 24.7 Å². The molecule has 20 heavy (non-hydrogen) atoms. The molecule has 110 valence electrons. The highest BCUT2D eigenvalue weighted by Gasteiger charge is 2.17. The summed E-state index contributed by atoms with van der Waals surface area (Å²) in [5.74, 6) is 0.0245. The van der Waals surface area contributed by atoms with Gasteiger partial charge in [0.05, 0.1) is 19.1 Å². The molecule has 0 saturated carbocycles. The summed E-state index contributed by atoms with van der Waals surface area (Å²) < 4.78 is 5.65. The molecule has 1 saturated heterocycles. The molecule has 1 amide bonds. The van der Waals surface area contributed by atoms with Crippen LogP contribution in [0.5, 0.6) is 0 Å². The van der Waals surface area contributed by atoms with Crippen molar-refractivity contribution in [2.45, 2.75) is 18.9 Å². The Bertz CT molecular complexity index is 453. The molecule has 0 spiro atoms. The molecule has 1 atom stereocenters. The fourth-order valence-corrected chi connectivity index (χ4v) is 2.52. The topological polar surface area (TPSA) is 41.6 Å². The van der Waals surface area contributed by atoms with Crippen LogP contribution in [0.25, 0.3) is 0 Å². The number of benzene rings is 1. The fraction of sp³-hybridized carbons (Fsp3) is 0.533. The van der Waals surface area contributed by atoms with Gasteiger partial charge in [-0.05, 0) is 31.2 Å². The van der Waals surface area contributed by atoms with E-state index in [-0.39, 0.29) is 12.0 Å². The summed E-state index contributed by atoms with van der Waals surface area (Å²) in [6, 6.07) is 7.39. The van der Waals surface area contributed by atoms with E-state index < -0.39 is 0 Å². The molecule has 0 aliphatic carbocycles. The molecule has 1 heterocycles. The summed E-state index contributed by atoms with van der Waals surface area (Å²) in [6.07, 6.45) is 1.44. The minimum absolute atomic E-state index is 0.0245. The van der Waals surface area contributed by atoms with Crippen LogP contribution in [0.1, 0.15) is 12.0 Å². The fourth-order valence-electron chi connectivity index (χ4n) is 2.31. The first kappa shape index (κ1) is 15.3. The lowest BCUT2D eigenvalue weighted by Crippen LogP contribution is -2.41. The number of nitrogens with one attached hydrogen (secondary N) is 1. The predicted molar refractivity (Wildman–Crippen MR) is 80.0 cm³/mol. The highest BCUT2D eigenvalue weighted by molar-refractivity contribution is 6.30. The van der Waals surface area contributed by atoms with Crippen LogP contribution < -0.4 is 5.32 Å².